The van der Waals surface area contributed by atoms with Gasteiger partial charge < -0.3 is 14.6 Å². The number of nitro groups is 1. The molecule has 7 nitrogen and oxygen atoms in total. The largest absolute Gasteiger partial charge is 0.383 e. The van der Waals surface area contributed by atoms with Gasteiger partial charge in [0.15, 0.2) is 0 Å². The number of anilines is 1. The first-order chi connectivity index (χ1) is 10.1. The molecule has 2 rings (SSSR count). The van der Waals surface area contributed by atoms with Gasteiger partial charge in [-0.2, -0.15) is 0 Å². The normalized spacial score (nSPS) is 10.5. The molecule has 8 heteroatoms. The van der Waals surface area contributed by atoms with Crippen LogP contribution in [0.5, 0.6) is 0 Å². The molecule has 0 fully saturated rings. The third kappa shape index (κ3) is 4.14. The lowest BCUT2D eigenvalue weighted by molar-refractivity contribution is -0.380. The zero-order chi connectivity index (χ0) is 15.2. The van der Waals surface area contributed by atoms with E-state index < -0.39 is 4.92 Å². The van der Waals surface area contributed by atoms with Crippen LogP contribution < -0.4 is 10.9 Å². The van der Waals surface area contributed by atoms with Crippen LogP contribution in [0, 0.1) is 10.1 Å². The van der Waals surface area contributed by atoms with Crippen molar-refractivity contribution in [2.75, 3.05) is 19.0 Å². The Labute approximate surface area is 124 Å². The number of ether oxygens (including phenoxy) is 1. The highest BCUT2D eigenvalue weighted by atomic mass is 32.1. The Kier molecular flexibility index (Phi) is 5.07. The van der Waals surface area contributed by atoms with Gasteiger partial charge in [-0.1, -0.05) is 11.3 Å². The number of methoxy groups -OCH3 is 1. The molecule has 2 aromatic rings. The summed E-state index contributed by atoms with van der Waals surface area (Å²) in [4.78, 5) is 22.7. The number of nitrogens with zero attached hydrogens (tertiary/aromatic N) is 2. The molecule has 2 aromatic heterocycles. The van der Waals surface area contributed by atoms with Crippen LogP contribution in [0.2, 0.25) is 0 Å². The highest BCUT2D eigenvalue weighted by molar-refractivity contribution is 7.15. The van der Waals surface area contributed by atoms with E-state index in [0.717, 1.165) is 21.9 Å². The molecule has 0 atom stereocenters. The molecular formula is C13H15N3O4S. The van der Waals surface area contributed by atoms with Crippen molar-refractivity contribution in [3.05, 3.63) is 55.8 Å². The van der Waals surface area contributed by atoms with Crippen LogP contribution in [0.25, 0.3) is 0 Å². The fourth-order valence-electron chi connectivity index (χ4n) is 1.75. The Bertz CT molecular complexity index is 680. The summed E-state index contributed by atoms with van der Waals surface area (Å²) in [7, 11) is 1.58. The number of rotatable bonds is 7. The first kappa shape index (κ1) is 15.2. The van der Waals surface area contributed by atoms with Crippen molar-refractivity contribution in [3.63, 3.8) is 0 Å². The van der Waals surface area contributed by atoms with E-state index in [4.69, 9.17) is 4.74 Å². The summed E-state index contributed by atoms with van der Waals surface area (Å²) < 4.78 is 6.51. The second-order valence-electron chi connectivity index (χ2n) is 4.29. The van der Waals surface area contributed by atoms with Crippen molar-refractivity contribution in [2.24, 2.45) is 0 Å². The van der Waals surface area contributed by atoms with Gasteiger partial charge in [-0.3, -0.25) is 14.9 Å². The van der Waals surface area contributed by atoms with Crippen molar-refractivity contribution < 1.29 is 9.66 Å². The van der Waals surface area contributed by atoms with E-state index in [-0.39, 0.29) is 10.6 Å². The van der Waals surface area contributed by atoms with Gasteiger partial charge in [0.25, 0.3) is 5.56 Å². The van der Waals surface area contributed by atoms with Gasteiger partial charge >= 0.3 is 5.00 Å². The molecule has 0 spiro atoms. The molecule has 0 bridgehead atoms. The fraction of sp³-hybridized carbons (Fsp3) is 0.308. The van der Waals surface area contributed by atoms with Crippen molar-refractivity contribution in [3.8, 4) is 0 Å². The molecule has 112 valence electrons. The van der Waals surface area contributed by atoms with Crippen LogP contribution in [0.4, 0.5) is 10.7 Å². The topological polar surface area (TPSA) is 86.4 Å². The third-order valence-corrected chi connectivity index (χ3v) is 3.85. The van der Waals surface area contributed by atoms with Crippen LogP contribution in [0.3, 0.4) is 0 Å². The van der Waals surface area contributed by atoms with Crippen LogP contribution in [0.1, 0.15) is 4.88 Å². The molecular weight excluding hydrogens is 294 g/mol. The Morgan fingerprint density at radius 2 is 2.19 bits per heavy atom. The van der Waals surface area contributed by atoms with Gasteiger partial charge in [-0.05, 0) is 12.1 Å². The van der Waals surface area contributed by atoms with Gasteiger partial charge in [0.1, 0.15) is 0 Å². The first-order valence-corrected chi connectivity index (χ1v) is 7.08. The summed E-state index contributed by atoms with van der Waals surface area (Å²) in [6.07, 6.45) is 1.71. The zero-order valence-corrected chi connectivity index (χ0v) is 12.3. The van der Waals surface area contributed by atoms with E-state index in [1.54, 1.807) is 30.0 Å². The van der Waals surface area contributed by atoms with E-state index in [9.17, 15) is 14.9 Å². The van der Waals surface area contributed by atoms with Crippen LogP contribution in [0.15, 0.2) is 35.3 Å². The van der Waals surface area contributed by atoms with Gasteiger partial charge in [0.05, 0.1) is 17.2 Å². The molecule has 0 aliphatic heterocycles. The maximum Gasteiger partial charge on any atom is 0.324 e. The maximum absolute atomic E-state index is 11.6. The molecule has 0 unspecified atom stereocenters. The van der Waals surface area contributed by atoms with Gasteiger partial charge in [0.2, 0.25) is 0 Å². The standard InChI is InChI=1S/C13H15N3O4S/c1-20-7-6-15-9-10(2-4-12(15)17)14-8-11-3-5-13(21-11)16(18)19/h2-5,9,14H,6-8H2,1H3. The fourth-order valence-corrected chi connectivity index (χ4v) is 2.51. The Balaban J connectivity index is 2.02. The molecule has 0 saturated carbocycles. The molecule has 1 N–H and O–H groups in total. The number of hydrogen-bond donors (Lipinski definition) is 1. The lowest BCUT2D eigenvalue weighted by Crippen LogP contribution is -2.21. The maximum atomic E-state index is 11.6. The SMILES string of the molecule is COCCn1cc(NCc2ccc([N+](=O)[O-])s2)ccc1=O. The number of thiophene rings is 1. The number of pyridine rings is 1. The molecule has 0 saturated heterocycles. The van der Waals surface area contributed by atoms with Gasteiger partial charge in [-0.25, -0.2) is 0 Å². The summed E-state index contributed by atoms with van der Waals surface area (Å²) in [5, 5.41) is 13.9. The molecule has 0 radical (unpaired) electrons. The molecule has 2 heterocycles. The molecule has 0 aliphatic rings. The lowest BCUT2D eigenvalue weighted by atomic mass is 10.3. The van der Waals surface area contributed by atoms with Crippen molar-refractivity contribution in [1.29, 1.82) is 0 Å². The van der Waals surface area contributed by atoms with Crippen molar-refractivity contribution >= 4 is 22.0 Å². The smallest absolute Gasteiger partial charge is 0.324 e. The minimum Gasteiger partial charge on any atom is -0.383 e. The van der Waals surface area contributed by atoms with E-state index in [1.165, 1.54) is 12.1 Å². The van der Waals surface area contributed by atoms with E-state index in [1.807, 2.05) is 0 Å². The summed E-state index contributed by atoms with van der Waals surface area (Å²) in [6, 6.07) is 6.38. The lowest BCUT2D eigenvalue weighted by Gasteiger charge is -2.09. The quantitative estimate of drug-likeness (QED) is 0.625. The Morgan fingerprint density at radius 3 is 2.86 bits per heavy atom. The molecule has 0 aromatic carbocycles. The van der Waals surface area contributed by atoms with Crippen LogP contribution >= 0.6 is 11.3 Å². The third-order valence-electron chi connectivity index (χ3n) is 2.81. The van der Waals surface area contributed by atoms with Crippen LogP contribution in [-0.4, -0.2) is 23.2 Å². The second-order valence-corrected chi connectivity index (χ2v) is 5.44. The minimum atomic E-state index is -0.404. The van der Waals surface area contributed by atoms with Gasteiger partial charge in [-0.15, -0.1) is 0 Å². The number of nitrogens with one attached hydrogen (secondary N) is 1. The summed E-state index contributed by atoms with van der Waals surface area (Å²) in [5.41, 5.74) is 0.686. The predicted octanol–water partition coefficient (Wildman–Crippen LogP) is 2.08. The van der Waals surface area contributed by atoms with Crippen molar-refractivity contribution in [2.45, 2.75) is 13.1 Å². The van der Waals surface area contributed by atoms with Crippen LogP contribution in [-0.2, 0) is 17.8 Å². The van der Waals surface area contributed by atoms with Gasteiger partial charge in [0, 0.05) is 43.4 Å². The highest BCUT2D eigenvalue weighted by Crippen LogP contribution is 2.24. The summed E-state index contributed by atoms with van der Waals surface area (Å²) in [5.74, 6) is 0. The number of hydrogen-bond acceptors (Lipinski definition) is 6. The molecule has 0 aliphatic carbocycles. The monoisotopic (exact) mass is 309 g/mol. The molecule has 0 amide bonds. The minimum absolute atomic E-state index is 0.0932. The van der Waals surface area contributed by atoms with E-state index >= 15 is 0 Å². The first-order valence-electron chi connectivity index (χ1n) is 6.26. The highest BCUT2D eigenvalue weighted by Gasteiger charge is 2.09. The Morgan fingerprint density at radius 1 is 1.38 bits per heavy atom. The van der Waals surface area contributed by atoms with E-state index in [0.29, 0.717) is 19.7 Å². The van der Waals surface area contributed by atoms with Crippen molar-refractivity contribution in [1.82, 2.24) is 4.57 Å². The molecule has 21 heavy (non-hydrogen) atoms. The predicted molar refractivity (Wildman–Crippen MR) is 80.9 cm³/mol. The number of aromatic nitrogens is 1. The zero-order valence-electron chi connectivity index (χ0n) is 11.4. The average molecular weight is 309 g/mol. The summed E-state index contributed by atoms with van der Waals surface area (Å²) >= 11 is 1.13. The second kappa shape index (κ2) is 7.00. The average Bonchev–Trinajstić information content (AvgIpc) is 2.94. The Hall–Kier alpha value is -2.19. The van der Waals surface area contributed by atoms with E-state index in [2.05, 4.69) is 5.32 Å². The summed E-state index contributed by atoms with van der Waals surface area (Å²) in [6.45, 7) is 1.41.